The van der Waals surface area contributed by atoms with Crippen molar-refractivity contribution in [2.75, 3.05) is 11.9 Å². The maximum atomic E-state index is 5.91. The number of rotatable bonds is 5. The molecule has 108 valence electrons. The van der Waals surface area contributed by atoms with Gasteiger partial charge in [0.05, 0.1) is 11.6 Å². The minimum absolute atomic E-state index is 0.616. The zero-order valence-corrected chi connectivity index (χ0v) is 13.0. The Kier molecular flexibility index (Phi) is 4.26. The normalized spacial score (nSPS) is 11.0. The first-order chi connectivity index (χ1) is 10.3. The Hall–Kier alpha value is -1.79. The summed E-state index contributed by atoms with van der Waals surface area (Å²) in [6.45, 7) is 2.94. The number of hydrogen-bond donors (Lipinski definition) is 2. The molecule has 0 saturated carbocycles. The molecule has 0 bridgehead atoms. The second-order valence-corrected chi connectivity index (χ2v) is 5.97. The van der Waals surface area contributed by atoms with Gasteiger partial charge in [0, 0.05) is 16.5 Å². The van der Waals surface area contributed by atoms with Crippen molar-refractivity contribution in [1.29, 1.82) is 0 Å². The van der Waals surface area contributed by atoms with Gasteiger partial charge in [-0.2, -0.15) is 10.1 Å². The summed E-state index contributed by atoms with van der Waals surface area (Å²) in [5.41, 5.74) is 0.736. The molecule has 0 spiro atoms. The van der Waals surface area contributed by atoms with Gasteiger partial charge in [0.15, 0.2) is 5.65 Å². The van der Waals surface area contributed by atoms with E-state index in [1.54, 1.807) is 18.0 Å². The SMILES string of the molecule is CCCNc1nc(Sc2ccc(Cl)cc2)c2cn[nH]c2n1. The van der Waals surface area contributed by atoms with Gasteiger partial charge < -0.3 is 5.32 Å². The summed E-state index contributed by atoms with van der Waals surface area (Å²) >= 11 is 7.48. The number of H-pyrrole nitrogens is 1. The summed E-state index contributed by atoms with van der Waals surface area (Å²) < 4.78 is 0. The molecule has 0 saturated heterocycles. The average Bonchev–Trinajstić information content (AvgIpc) is 2.96. The van der Waals surface area contributed by atoms with E-state index in [9.17, 15) is 0 Å². The molecule has 2 aromatic heterocycles. The van der Waals surface area contributed by atoms with Crippen molar-refractivity contribution in [2.24, 2.45) is 0 Å². The highest BCUT2D eigenvalue weighted by molar-refractivity contribution is 7.99. The van der Waals surface area contributed by atoms with E-state index in [0.29, 0.717) is 5.95 Å². The van der Waals surface area contributed by atoms with Crippen LogP contribution in [0.3, 0.4) is 0 Å². The van der Waals surface area contributed by atoms with Crippen LogP contribution in [0.4, 0.5) is 5.95 Å². The molecule has 3 aromatic rings. The Morgan fingerprint density at radius 1 is 1.24 bits per heavy atom. The molecule has 7 heteroatoms. The van der Waals surface area contributed by atoms with Gasteiger partial charge >= 0.3 is 0 Å². The van der Waals surface area contributed by atoms with Gasteiger partial charge in [-0.3, -0.25) is 5.10 Å². The molecule has 3 rings (SSSR count). The van der Waals surface area contributed by atoms with Crippen LogP contribution in [0.5, 0.6) is 0 Å². The molecule has 0 unspecified atom stereocenters. The van der Waals surface area contributed by atoms with Crippen LogP contribution in [-0.4, -0.2) is 26.7 Å². The standard InChI is InChI=1S/C14H14ClN5S/c1-2-7-16-14-18-12-11(8-17-20-12)13(19-14)21-10-5-3-9(15)4-6-10/h3-6,8H,2,7H2,1H3,(H2,16,17,18,19,20). The predicted octanol–water partition coefficient (Wildman–Crippen LogP) is 3.98. The van der Waals surface area contributed by atoms with E-state index in [1.807, 2.05) is 24.3 Å². The zero-order valence-electron chi connectivity index (χ0n) is 11.4. The summed E-state index contributed by atoms with van der Waals surface area (Å²) in [6.07, 6.45) is 2.77. The van der Waals surface area contributed by atoms with Crippen LogP contribution in [0, 0.1) is 0 Å². The number of aromatic amines is 1. The third kappa shape index (κ3) is 3.28. The molecule has 0 fully saturated rings. The Labute approximate surface area is 131 Å². The van der Waals surface area contributed by atoms with Crippen LogP contribution in [0.25, 0.3) is 11.0 Å². The quantitative estimate of drug-likeness (QED) is 0.696. The van der Waals surface area contributed by atoms with Gasteiger partial charge in [-0.15, -0.1) is 0 Å². The molecule has 5 nitrogen and oxygen atoms in total. The molecule has 1 aromatic carbocycles. The van der Waals surface area contributed by atoms with Gasteiger partial charge in [0.25, 0.3) is 0 Å². The molecule has 21 heavy (non-hydrogen) atoms. The van der Waals surface area contributed by atoms with E-state index in [2.05, 4.69) is 32.4 Å². The monoisotopic (exact) mass is 319 g/mol. The third-order valence-electron chi connectivity index (χ3n) is 2.84. The summed E-state index contributed by atoms with van der Waals surface area (Å²) in [6, 6.07) is 7.68. The fourth-order valence-corrected chi connectivity index (χ4v) is 2.83. The van der Waals surface area contributed by atoms with Crippen LogP contribution in [-0.2, 0) is 0 Å². The van der Waals surface area contributed by atoms with E-state index < -0.39 is 0 Å². The number of halogens is 1. The van der Waals surface area contributed by atoms with Crippen LogP contribution >= 0.6 is 23.4 Å². The van der Waals surface area contributed by atoms with Crippen LogP contribution in [0.2, 0.25) is 5.02 Å². The molecular formula is C14H14ClN5S. The third-order valence-corrected chi connectivity index (χ3v) is 4.10. The highest BCUT2D eigenvalue weighted by atomic mass is 35.5. The van der Waals surface area contributed by atoms with E-state index >= 15 is 0 Å². The largest absolute Gasteiger partial charge is 0.354 e. The lowest BCUT2D eigenvalue weighted by atomic mass is 10.4. The number of aromatic nitrogens is 4. The highest BCUT2D eigenvalue weighted by Crippen LogP contribution is 2.32. The first-order valence-corrected chi connectivity index (χ1v) is 7.84. The summed E-state index contributed by atoms with van der Waals surface area (Å²) in [5, 5.41) is 12.7. The molecule has 0 aliphatic rings. The lowest BCUT2D eigenvalue weighted by Gasteiger charge is -2.07. The molecule has 2 heterocycles. The second-order valence-electron chi connectivity index (χ2n) is 4.47. The fourth-order valence-electron chi connectivity index (χ4n) is 1.82. The molecule has 0 aliphatic heterocycles. The highest BCUT2D eigenvalue weighted by Gasteiger charge is 2.10. The van der Waals surface area contributed by atoms with E-state index in [0.717, 1.165) is 38.9 Å². The lowest BCUT2D eigenvalue weighted by molar-refractivity contribution is 0.943. The van der Waals surface area contributed by atoms with Crippen molar-refractivity contribution in [2.45, 2.75) is 23.3 Å². The lowest BCUT2D eigenvalue weighted by Crippen LogP contribution is -2.05. The molecule has 0 amide bonds. The van der Waals surface area contributed by atoms with Gasteiger partial charge in [0.2, 0.25) is 5.95 Å². The van der Waals surface area contributed by atoms with E-state index in [1.165, 1.54) is 0 Å². The number of nitrogens with one attached hydrogen (secondary N) is 2. The molecular weight excluding hydrogens is 306 g/mol. The van der Waals surface area contributed by atoms with Crippen molar-refractivity contribution in [3.8, 4) is 0 Å². The number of nitrogens with zero attached hydrogens (tertiary/aromatic N) is 3. The molecule has 2 N–H and O–H groups in total. The number of benzene rings is 1. The van der Waals surface area contributed by atoms with Gasteiger partial charge in [-0.25, -0.2) is 4.98 Å². The van der Waals surface area contributed by atoms with E-state index in [4.69, 9.17) is 11.6 Å². The second kappa shape index (κ2) is 6.32. The maximum Gasteiger partial charge on any atom is 0.225 e. The Balaban J connectivity index is 1.95. The van der Waals surface area contributed by atoms with Crippen molar-refractivity contribution in [3.05, 3.63) is 35.5 Å². The van der Waals surface area contributed by atoms with Gasteiger partial charge in [-0.1, -0.05) is 30.3 Å². The van der Waals surface area contributed by atoms with Gasteiger partial charge in [0.1, 0.15) is 5.03 Å². The van der Waals surface area contributed by atoms with Crippen LogP contribution in [0.15, 0.2) is 40.4 Å². The topological polar surface area (TPSA) is 66.5 Å². The minimum atomic E-state index is 0.616. The van der Waals surface area contributed by atoms with Crippen LogP contribution in [0.1, 0.15) is 13.3 Å². The number of hydrogen-bond acceptors (Lipinski definition) is 5. The average molecular weight is 320 g/mol. The first-order valence-electron chi connectivity index (χ1n) is 6.64. The van der Waals surface area contributed by atoms with Crippen molar-refractivity contribution in [1.82, 2.24) is 20.2 Å². The predicted molar refractivity (Wildman–Crippen MR) is 86.0 cm³/mol. The Bertz CT molecular complexity index is 741. The maximum absolute atomic E-state index is 5.91. The molecule has 0 radical (unpaired) electrons. The number of anilines is 1. The molecule has 0 atom stereocenters. The molecule has 0 aliphatic carbocycles. The number of fused-ring (bicyclic) bond motifs is 1. The zero-order chi connectivity index (χ0) is 14.7. The summed E-state index contributed by atoms with van der Waals surface area (Å²) in [4.78, 5) is 10.1. The fraction of sp³-hybridized carbons (Fsp3) is 0.214. The first kappa shape index (κ1) is 14.2. The smallest absolute Gasteiger partial charge is 0.225 e. The van der Waals surface area contributed by atoms with Crippen molar-refractivity contribution in [3.63, 3.8) is 0 Å². The van der Waals surface area contributed by atoms with Crippen molar-refractivity contribution < 1.29 is 0 Å². The summed E-state index contributed by atoms with van der Waals surface area (Å²) in [5.74, 6) is 0.616. The van der Waals surface area contributed by atoms with Gasteiger partial charge in [-0.05, 0) is 30.7 Å². The minimum Gasteiger partial charge on any atom is -0.354 e. The Morgan fingerprint density at radius 2 is 2.05 bits per heavy atom. The van der Waals surface area contributed by atoms with Crippen LogP contribution < -0.4 is 5.32 Å². The summed E-state index contributed by atoms with van der Waals surface area (Å²) in [7, 11) is 0. The van der Waals surface area contributed by atoms with Crippen molar-refractivity contribution >= 4 is 40.3 Å². The van der Waals surface area contributed by atoms with E-state index in [-0.39, 0.29) is 0 Å². The Morgan fingerprint density at radius 3 is 2.81 bits per heavy atom.